The van der Waals surface area contributed by atoms with Gasteiger partial charge in [-0.05, 0) is 38.3 Å². The number of carbonyl (C=O) groups is 2. The molecule has 0 aliphatic carbocycles. The molecule has 0 radical (unpaired) electrons. The molecule has 1 atom stereocenters. The Bertz CT molecular complexity index is 559. The number of likely N-dealkylation sites (tertiary alicyclic amines) is 1. The van der Waals surface area contributed by atoms with Crippen molar-refractivity contribution in [3.63, 3.8) is 0 Å². The summed E-state index contributed by atoms with van der Waals surface area (Å²) in [7, 11) is 1.56. The number of likely N-dealkylation sites (N-methyl/N-ethyl adjacent to an activating group) is 1. The van der Waals surface area contributed by atoms with Crippen LogP contribution in [0.4, 0.5) is 5.69 Å². The molecule has 1 saturated heterocycles. The third-order valence-corrected chi connectivity index (χ3v) is 4.30. The van der Waals surface area contributed by atoms with Gasteiger partial charge in [0.15, 0.2) is 6.10 Å². The van der Waals surface area contributed by atoms with Crippen LogP contribution in [0.5, 0.6) is 5.75 Å². The Kier molecular flexibility index (Phi) is 9.90. The molecule has 144 valence electrons. The molecular weight excluding hydrogens is 330 g/mol. The number of nitrogens with zero attached hydrogens (tertiary/aromatic N) is 2. The number of benzene rings is 1. The summed E-state index contributed by atoms with van der Waals surface area (Å²) in [5.74, 6) is 0.980. The van der Waals surface area contributed by atoms with Crippen LogP contribution in [0, 0.1) is 0 Å². The van der Waals surface area contributed by atoms with E-state index in [1.54, 1.807) is 7.05 Å². The van der Waals surface area contributed by atoms with Gasteiger partial charge in [0.2, 0.25) is 6.41 Å². The number of hydrogen-bond acceptors (Lipinski definition) is 4. The van der Waals surface area contributed by atoms with Crippen molar-refractivity contribution >= 4 is 18.0 Å². The lowest BCUT2D eigenvalue weighted by molar-refractivity contribution is -0.139. The predicted octanol–water partition coefficient (Wildman–Crippen LogP) is 2.45. The zero-order chi connectivity index (χ0) is 19.4. The Balaban J connectivity index is 0.000000500. The van der Waals surface area contributed by atoms with Crippen LogP contribution < -0.4 is 15.0 Å². The second-order valence-corrected chi connectivity index (χ2v) is 5.91. The molecule has 2 heterocycles. The van der Waals surface area contributed by atoms with Crippen LogP contribution in [0.3, 0.4) is 0 Å². The average Bonchev–Trinajstić information content (AvgIpc) is 2.74. The summed E-state index contributed by atoms with van der Waals surface area (Å²) >= 11 is 0. The Morgan fingerprint density at radius 1 is 1.27 bits per heavy atom. The SMILES string of the molecule is C=C.CCN1CC(C(=O)N2CCCCC2)Oc2ccccc21.CNC=O. The number of nitrogens with one attached hydrogen (secondary N) is 1. The molecule has 2 aliphatic rings. The van der Waals surface area contributed by atoms with Gasteiger partial charge in [0.1, 0.15) is 5.75 Å². The number of amides is 2. The molecule has 2 aliphatic heterocycles. The van der Waals surface area contributed by atoms with E-state index in [2.05, 4.69) is 36.4 Å². The van der Waals surface area contributed by atoms with E-state index in [0.717, 1.165) is 43.9 Å². The van der Waals surface area contributed by atoms with E-state index < -0.39 is 0 Å². The summed E-state index contributed by atoms with van der Waals surface area (Å²) in [5.41, 5.74) is 1.10. The van der Waals surface area contributed by atoms with Gasteiger partial charge in [-0.3, -0.25) is 9.59 Å². The quantitative estimate of drug-likeness (QED) is 0.664. The summed E-state index contributed by atoms with van der Waals surface area (Å²) in [5, 5.41) is 2.25. The van der Waals surface area contributed by atoms with Gasteiger partial charge in [-0.1, -0.05) is 12.1 Å². The maximum Gasteiger partial charge on any atom is 0.265 e. The van der Waals surface area contributed by atoms with E-state index in [-0.39, 0.29) is 12.0 Å². The summed E-state index contributed by atoms with van der Waals surface area (Å²) in [6.07, 6.45) is 3.74. The molecule has 1 fully saturated rings. The van der Waals surface area contributed by atoms with Gasteiger partial charge in [0.25, 0.3) is 5.91 Å². The fourth-order valence-electron chi connectivity index (χ4n) is 3.05. The highest BCUT2D eigenvalue weighted by atomic mass is 16.5. The smallest absolute Gasteiger partial charge is 0.265 e. The molecule has 0 saturated carbocycles. The monoisotopic (exact) mass is 361 g/mol. The largest absolute Gasteiger partial charge is 0.477 e. The van der Waals surface area contributed by atoms with Crippen molar-refractivity contribution in [3.05, 3.63) is 37.4 Å². The first kappa shape index (κ1) is 21.5. The fraction of sp³-hybridized carbons (Fsp3) is 0.500. The molecule has 1 aromatic rings. The molecule has 1 aromatic carbocycles. The van der Waals surface area contributed by atoms with E-state index >= 15 is 0 Å². The van der Waals surface area contributed by atoms with E-state index in [4.69, 9.17) is 9.53 Å². The van der Waals surface area contributed by atoms with Gasteiger partial charge in [0.05, 0.1) is 12.2 Å². The Hall–Kier alpha value is -2.50. The first-order valence-electron chi connectivity index (χ1n) is 9.11. The molecule has 0 aromatic heterocycles. The Labute approximate surface area is 156 Å². The summed E-state index contributed by atoms with van der Waals surface area (Å²) < 4.78 is 5.95. The number of rotatable bonds is 3. The Morgan fingerprint density at radius 3 is 2.46 bits per heavy atom. The minimum Gasteiger partial charge on any atom is -0.477 e. The molecule has 0 spiro atoms. The second-order valence-electron chi connectivity index (χ2n) is 5.91. The van der Waals surface area contributed by atoms with Crippen molar-refractivity contribution in [2.24, 2.45) is 0 Å². The highest BCUT2D eigenvalue weighted by molar-refractivity contribution is 5.83. The van der Waals surface area contributed by atoms with Crippen molar-refractivity contribution < 1.29 is 14.3 Å². The van der Waals surface area contributed by atoms with Gasteiger partial charge in [-0.2, -0.15) is 0 Å². The molecule has 0 bridgehead atoms. The lowest BCUT2D eigenvalue weighted by Gasteiger charge is -2.37. The van der Waals surface area contributed by atoms with Gasteiger partial charge in [0, 0.05) is 26.7 Å². The lowest BCUT2D eigenvalue weighted by atomic mass is 10.1. The zero-order valence-electron chi connectivity index (χ0n) is 15.9. The molecule has 6 heteroatoms. The first-order valence-corrected chi connectivity index (χ1v) is 9.11. The van der Waals surface area contributed by atoms with E-state index in [1.807, 2.05) is 23.1 Å². The van der Waals surface area contributed by atoms with Crippen LogP contribution in [0.15, 0.2) is 37.4 Å². The van der Waals surface area contributed by atoms with Crippen LogP contribution in [-0.4, -0.2) is 56.5 Å². The maximum absolute atomic E-state index is 12.6. The maximum atomic E-state index is 12.6. The Morgan fingerprint density at radius 2 is 1.88 bits per heavy atom. The van der Waals surface area contributed by atoms with Crippen molar-refractivity contribution in [2.45, 2.75) is 32.3 Å². The summed E-state index contributed by atoms with van der Waals surface area (Å²) in [4.78, 5) is 25.9. The molecule has 1 unspecified atom stereocenters. The number of para-hydroxylation sites is 2. The van der Waals surface area contributed by atoms with Crippen molar-refractivity contribution in [1.29, 1.82) is 0 Å². The normalized spacial score (nSPS) is 18.0. The number of anilines is 1. The topological polar surface area (TPSA) is 61.9 Å². The second kappa shape index (κ2) is 12.0. The number of carbonyl (C=O) groups excluding carboxylic acids is 2. The third kappa shape index (κ3) is 5.79. The predicted molar refractivity (Wildman–Crippen MR) is 106 cm³/mol. The van der Waals surface area contributed by atoms with E-state index in [9.17, 15) is 4.79 Å². The zero-order valence-corrected chi connectivity index (χ0v) is 15.9. The average molecular weight is 361 g/mol. The molecule has 1 N–H and O–H groups in total. The molecule has 6 nitrogen and oxygen atoms in total. The standard InChI is InChI=1S/C16H22N2O2.C2H5NO.C2H4/c1-2-17-12-15(16(19)18-10-6-3-7-11-18)20-14-9-5-4-8-13(14)17;1-3-2-4;1-2/h4-5,8-9,15H,2-3,6-7,10-12H2,1H3;2H,1H3,(H,3,4);1-2H2. The number of ether oxygens (including phenoxy) is 1. The van der Waals surface area contributed by atoms with Gasteiger partial charge < -0.3 is 19.9 Å². The van der Waals surface area contributed by atoms with Gasteiger partial charge >= 0.3 is 0 Å². The van der Waals surface area contributed by atoms with Crippen LogP contribution in [0.1, 0.15) is 26.2 Å². The molecule has 3 rings (SSSR count). The number of piperidine rings is 1. The van der Waals surface area contributed by atoms with E-state index in [0.29, 0.717) is 13.0 Å². The van der Waals surface area contributed by atoms with Crippen LogP contribution in [0.2, 0.25) is 0 Å². The van der Waals surface area contributed by atoms with E-state index in [1.165, 1.54) is 6.42 Å². The van der Waals surface area contributed by atoms with Crippen molar-refractivity contribution in [1.82, 2.24) is 10.2 Å². The molecular formula is C20H31N3O3. The van der Waals surface area contributed by atoms with Crippen molar-refractivity contribution in [2.75, 3.05) is 38.1 Å². The van der Waals surface area contributed by atoms with Crippen LogP contribution >= 0.6 is 0 Å². The lowest BCUT2D eigenvalue weighted by Crippen LogP contribution is -2.51. The highest BCUT2D eigenvalue weighted by Gasteiger charge is 2.33. The number of hydrogen-bond donors (Lipinski definition) is 1. The summed E-state index contributed by atoms with van der Waals surface area (Å²) in [6.45, 7) is 11.4. The highest BCUT2D eigenvalue weighted by Crippen LogP contribution is 2.33. The van der Waals surface area contributed by atoms with Crippen LogP contribution in [-0.2, 0) is 9.59 Å². The first-order chi connectivity index (χ1) is 12.7. The van der Waals surface area contributed by atoms with Crippen molar-refractivity contribution in [3.8, 4) is 5.75 Å². The minimum absolute atomic E-state index is 0.151. The number of fused-ring (bicyclic) bond motifs is 1. The summed E-state index contributed by atoms with van der Waals surface area (Å²) in [6, 6.07) is 7.98. The fourth-order valence-corrected chi connectivity index (χ4v) is 3.05. The van der Waals surface area contributed by atoms with Gasteiger partial charge in [-0.15, -0.1) is 13.2 Å². The van der Waals surface area contributed by atoms with Crippen LogP contribution in [0.25, 0.3) is 0 Å². The van der Waals surface area contributed by atoms with Gasteiger partial charge in [-0.25, -0.2) is 0 Å². The third-order valence-electron chi connectivity index (χ3n) is 4.30. The minimum atomic E-state index is -0.358. The molecule has 2 amide bonds. The molecule has 26 heavy (non-hydrogen) atoms.